The lowest BCUT2D eigenvalue weighted by Crippen LogP contribution is -2.18. The number of ether oxygens (including phenoxy) is 1. The van der Waals surface area contributed by atoms with Crippen LogP contribution in [0.3, 0.4) is 0 Å². The molecule has 0 unspecified atom stereocenters. The van der Waals surface area contributed by atoms with Gasteiger partial charge in [-0.15, -0.1) is 0 Å². The third kappa shape index (κ3) is 2.48. The Kier molecular flexibility index (Phi) is 2.86. The van der Waals surface area contributed by atoms with E-state index in [0.29, 0.717) is 11.3 Å². The Morgan fingerprint density at radius 1 is 1.57 bits per heavy atom. The van der Waals surface area contributed by atoms with Crippen LogP contribution in [0.25, 0.3) is 0 Å². The monoisotopic (exact) mass is 246 g/mol. The van der Waals surface area contributed by atoms with Crippen molar-refractivity contribution in [3.05, 3.63) is 10.2 Å². The molecule has 14 heavy (non-hydrogen) atoms. The first-order valence-corrected chi connectivity index (χ1v) is 4.21. The Morgan fingerprint density at radius 3 is 2.57 bits per heavy atom. The number of rotatable bonds is 1. The van der Waals surface area contributed by atoms with Gasteiger partial charge < -0.3 is 10.5 Å². The van der Waals surface area contributed by atoms with Gasteiger partial charge in [-0.2, -0.15) is 13.2 Å². The van der Waals surface area contributed by atoms with Crippen molar-refractivity contribution >= 4 is 29.0 Å². The van der Waals surface area contributed by atoms with Crippen LogP contribution in [0.1, 0.15) is 5.69 Å². The van der Waals surface area contributed by atoms with Crippen molar-refractivity contribution in [3.8, 4) is 5.06 Å². The lowest BCUT2D eigenvalue weighted by molar-refractivity contribution is -0.141. The summed E-state index contributed by atoms with van der Waals surface area (Å²) in [6.07, 6.45) is -6.08. The van der Waals surface area contributed by atoms with Crippen molar-refractivity contribution in [2.75, 3.05) is 0 Å². The first kappa shape index (κ1) is 11.1. The minimum absolute atomic E-state index is 0.381. The van der Waals surface area contributed by atoms with Crippen LogP contribution >= 0.6 is 22.9 Å². The number of alkyl halides is 3. The number of primary amides is 1. The Balaban J connectivity index is 3.09. The quantitative estimate of drug-likeness (QED) is 0.827. The van der Waals surface area contributed by atoms with Crippen molar-refractivity contribution in [1.82, 2.24) is 4.98 Å². The predicted molar refractivity (Wildman–Crippen MR) is 42.3 cm³/mol. The van der Waals surface area contributed by atoms with Crippen molar-refractivity contribution in [3.63, 3.8) is 0 Å². The number of amides is 1. The molecule has 0 saturated carbocycles. The fourth-order valence-electron chi connectivity index (χ4n) is 0.621. The molecule has 0 aromatic carbocycles. The number of thiazole rings is 1. The smallest absolute Gasteiger partial charge is 0.397 e. The number of hydrogen-bond acceptors (Lipinski definition) is 4. The summed E-state index contributed by atoms with van der Waals surface area (Å²) in [4.78, 5) is 13.2. The van der Waals surface area contributed by atoms with Crippen LogP contribution in [0.5, 0.6) is 5.06 Å². The Morgan fingerprint density at radius 2 is 2.14 bits per heavy atom. The maximum absolute atomic E-state index is 12.2. The zero-order valence-corrected chi connectivity index (χ0v) is 7.83. The number of hydrogen-bond donors (Lipinski definition) is 1. The van der Waals surface area contributed by atoms with E-state index in [1.165, 1.54) is 0 Å². The van der Waals surface area contributed by atoms with E-state index < -0.39 is 23.0 Å². The summed E-state index contributed by atoms with van der Waals surface area (Å²) in [6, 6.07) is 0. The molecule has 0 fully saturated rings. The largest absolute Gasteiger partial charge is 0.438 e. The highest BCUT2D eigenvalue weighted by molar-refractivity contribution is 7.17. The van der Waals surface area contributed by atoms with E-state index in [1.54, 1.807) is 0 Å². The molecular weight excluding hydrogens is 245 g/mol. The van der Waals surface area contributed by atoms with Gasteiger partial charge in [0.25, 0.3) is 0 Å². The maximum Gasteiger partial charge on any atom is 0.438 e. The standard InChI is InChI=1S/C5H2ClF3N2O2S/c6-3-11-1(5(7,8)9)2(14-3)13-4(10)12/h(H2,10,12). The minimum Gasteiger partial charge on any atom is -0.397 e. The molecule has 1 aromatic heterocycles. The second-order valence-electron chi connectivity index (χ2n) is 2.02. The molecule has 0 bridgehead atoms. The van der Waals surface area contributed by atoms with Crippen molar-refractivity contribution in [2.24, 2.45) is 5.73 Å². The summed E-state index contributed by atoms with van der Waals surface area (Å²) in [5.41, 5.74) is 3.20. The lowest BCUT2D eigenvalue weighted by atomic mass is 10.5. The molecule has 2 N–H and O–H groups in total. The highest BCUT2D eigenvalue weighted by atomic mass is 35.5. The third-order valence-corrected chi connectivity index (χ3v) is 2.07. The Bertz CT molecular complexity index is 364. The number of halogens is 4. The zero-order chi connectivity index (χ0) is 10.9. The fraction of sp³-hybridized carbons (Fsp3) is 0.200. The molecular formula is C5H2ClF3N2O2S. The molecule has 0 aliphatic rings. The van der Waals surface area contributed by atoms with Gasteiger partial charge in [0.15, 0.2) is 4.47 Å². The number of nitrogens with zero attached hydrogens (tertiary/aromatic N) is 1. The number of carbonyl (C=O) groups is 1. The van der Waals surface area contributed by atoms with Crippen molar-refractivity contribution in [1.29, 1.82) is 0 Å². The SMILES string of the molecule is NC(=O)Oc1sc(Cl)nc1C(F)(F)F. The lowest BCUT2D eigenvalue weighted by Gasteiger charge is -2.04. The summed E-state index contributed by atoms with van der Waals surface area (Å²) in [5, 5.41) is -0.755. The highest BCUT2D eigenvalue weighted by Gasteiger charge is 2.39. The Labute approximate surface area is 84.4 Å². The van der Waals surface area contributed by atoms with E-state index in [4.69, 9.17) is 11.6 Å². The molecule has 4 nitrogen and oxygen atoms in total. The van der Waals surface area contributed by atoms with Gasteiger partial charge in [0.2, 0.25) is 10.8 Å². The van der Waals surface area contributed by atoms with Crippen LogP contribution < -0.4 is 10.5 Å². The molecule has 0 aliphatic carbocycles. The minimum atomic E-state index is -4.73. The van der Waals surface area contributed by atoms with Crippen molar-refractivity contribution < 1.29 is 22.7 Å². The van der Waals surface area contributed by atoms with E-state index in [-0.39, 0.29) is 4.47 Å². The average molecular weight is 247 g/mol. The first-order chi connectivity index (χ1) is 6.30. The van der Waals surface area contributed by atoms with Crippen molar-refractivity contribution in [2.45, 2.75) is 6.18 Å². The Hall–Kier alpha value is -1.02. The third-order valence-electron chi connectivity index (χ3n) is 1.03. The molecule has 0 radical (unpaired) electrons. The van der Waals surface area contributed by atoms with Gasteiger partial charge in [-0.3, -0.25) is 0 Å². The summed E-state index contributed by atoms with van der Waals surface area (Å²) < 4.78 is 40.2. The van der Waals surface area contributed by atoms with Crippen LogP contribution in [-0.2, 0) is 6.18 Å². The van der Waals surface area contributed by atoms with Gasteiger partial charge in [0.1, 0.15) is 0 Å². The summed E-state index contributed by atoms with van der Waals surface area (Å²) >= 11 is 5.61. The topological polar surface area (TPSA) is 65.2 Å². The molecule has 1 rings (SSSR count). The second kappa shape index (κ2) is 3.62. The van der Waals surface area contributed by atoms with E-state index in [9.17, 15) is 18.0 Å². The number of nitrogens with two attached hydrogens (primary N) is 1. The van der Waals surface area contributed by atoms with E-state index in [0.717, 1.165) is 0 Å². The van der Waals surface area contributed by atoms with Crippen LogP contribution in [0, 0.1) is 0 Å². The van der Waals surface area contributed by atoms with Crippen LogP contribution in [0.15, 0.2) is 0 Å². The maximum atomic E-state index is 12.2. The van der Waals surface area contributed by atoms with Crippen LogP contribution in [0.2, 0.25) is 4.47 Å². The number of carbonyl (C=O) groups excluding carboxylic acids is 1. The summed E-state index contributed by atoms with van der Waals surface area (Å²) in [5.74, 6) is 0. The fourth-order valence-corrected chi connectivity index (χ4v) is 1.59. The van der Waals surface area contributed by atoms with Gasteiger partial charge in [0.05, 0.1) is 0 Å². The van der Waals surface area contributed by atoms with Gasteiger partial charge in [-0.05, 0) is 0 Å². The van der Waals surface area contributed by atoms with E-state index in [1.807, 2.05) is 0 Å². The van der Waals surface area contributed by atoms with Gasteiger partial charge >= 0.3 is 12.3 Å². The molecule has 78 valence electrons. The van der Waals surface area contributed by atoms with Crippen LogP contribution in [-0.4, -0.2) is 11.1 Å². The van der Waals surface area contributed by atoms with Gasteiger partial charge in [-0.25, -0.2) is 9.78 Å². The van der Waals surface area contributed by atoms with Crippen LogP contribution in [0.4, 0.5) is 18.0 Å². The predicted octanol–water partition coefficient (Wildman–Crippen LogP) is 2.27. The molecule has 9 heteroatoms. The normalized spacial score (nSPS) is 11.4. The average Bonchev–Trinajstić information content (AvgIpc) is 2.28. The summed E-state index contributed by atoms with van der Waals surface area (Å²) in [7, 11) is 0. The molecule has 0 aliphatic heterocycles. The zero-order valence-electron chi connectivity index (χ0n) is 6.26. The first-order valence-electron chi connectivity index (χ1n) is 3.01. The number of aromatic nitrogens is 1. The molecule has 0 saturated heterocycles. The van der Waals surface area contributed by atoms with Gasteiger partial charge in [0, 0.05) is 0 Å². The molecule has 1 aromatic rings. The molecule has 0 atom stereocenters. The van der Waals surface area contributed by atoms with Gasteiger partial charge in [-0.1, -0.05) is 22.9 Å². The molecule has 0 spiro atoms. The molecule has 1 heterocycles. The second-order valence-corrected chi connectivity index (χ2v) is 3.57. The highest BCUT2D eigenvalue weighted by Crippen LogP contribution is 2.40. The molecule has 1 amide bonds. The van der Waals surface area contributed by atoms with E-state index >= 15 is 0 Å². The summed E-state index contributed by atoms with van der Waals surface area (Å²) in [6.45, 7) is 0. The van der Waals surface area contributed by atoms with E-state index in [2.05, 4.69) is 15.5 Å².